The van der Waals surface area contributed by atoms with Crippen molar-refractivity contribution in [3.05, 3.63) is 17.5 Å². The van der Waals surface area contributed by atoms with E-state index < -0.39 is 0 Å². The molecule has 0 aromatic carbocycles. The minimum absolute atomic E-state index is 0.450. The standard InChI is InChI=1S/C12H17ClN6/c1-17-4-3-9(6-17)7-18(2)11-5-10(13)16-12-14-8-15-19(11)12/h5,8-9H,3-4,6-7H2,1-2H3. The van der Waals surface area contributed by atoms with Crippen LogP contribution in [-0.4, -0.2) is 58.2 Å². The smallest absolute Gasteiger partial charge is 0.255 e. The molecule has 1 saturated heterocycles. The molecule has 6 nitrogen and oxygen atoms in total. The Morgan fingerprint density at radius 2 is 2.37 bits per heavy atom. The lowest BCUT2D eigenvalue weighted by Gasteiger charge is -2.23. The number of anilines is 1. The van der Waals surface area contributed by atoms with E-state index in [1.165, 1.54) is 19.3 Å². The van der Waals surface area contributed by atoms with Crippen LogP contribution in [-0.2, 0) is 0 Å². The van der Waals surface area contributed by atoms with Gasteiger partial charge in [0.15, 0.2) is 0 Å². The molecule has 3 heterocycles. The summed E-state index contributed by atoms with van der Waals surface area (Å²) >= 11 is 6.04. The molecule has 7 heteroatoms. The van der Waals surface area contributed by atoms with Gasteiger partial charge in [-0.05, 0) is 25.9 Å². The molecule has 2 aromatic heterocycles. The monoisotopic (exact) mass is 280 g/mol. The van der Waals surface area contributed by atoms with Crippen LogP contribution < -0.4 is 4.90 Å². The van der Waals surface area contributed by atoms with Crippen LogP contribution in [0, 0.1) is 5.92 Å². The molecule has 0 saturated carbocycles. The number of nitrogens with zero attached hydrogens (tertiary/aromatic N) is 6. The second-order valence-corrected chi connectivity index (χ2v) is 5.59. The van der Waals surface area contributed by atoms with E-state index in [4.69, 9.17) is 11.6 Å². The molecule has 1 unspecified atom stereocenters. The van der Waals surface area contributed by atoms with Crippen LogP contribution in [0.25, 0.3) is 5.78 Å². The summed E-state index contributed by atoms with van der Waals surface area (Å²) in [6.45, 7) is 3.30. The lowest BCUT2D eigenvalue weighted by molar-refractivity contribution is 0.395. The third kappa shape index (κ3) is 2.50. The summed E-state index contributed by atoms with van der Waals surface area (Å²) in [5.41, 5.74) is 0. The molecule has 0 spiro atoms. The van der Waals surface area contributed by atoms with Gasteiger partial charge in [-0.2, -0.15) is 19.6 Å². The molecule has 2 aromatic rings. The van der Waals surface area contributed by atoms with Gasteiger partial charge in [0, 0.05) is 26.2 Å². The molecule has 1 aliphatic heterocycles. The molecule has 0 radical (unpaired) electrons. The number of hydrogen-bond acceptors (Lipinski definition) is 5. The summed E-state index contributed by atoms with van der Waals surface area (Å²) in [5.74, 6) is 2.15. The average molecular weight is 281 g/mol. The van der Waals surface area contributed by atoms with Crippen molar-refractivity contribution >= 4 is 23.2 Å². The Balaban J connectivity index is 1.84. The highest BCUT2D eigenvalue weighted by Crippen LogP contribution is 2.21. The predicted octanol–water partition coefficient (Wildman–Crippen LogP) is 1.17. The fourth-order valence-corrected chi connectivity index (χ4v) is 2.87. The Hall–Kier alpha value is -1.40. The van der Waals surface area contributed by atoms with Gasteiger partial charge in [-0.1, -0.05) is 11.6 Å². The summed E-state index contributed by atoms with van der Waals surface area (Å²) in [4.78, 5) is 12.8. The Kier molecular flexibility index (Phi) is 3.28. The van der Waals surface area contributed by atoms with Gasteiger partial charge in [0.25, 0.3) is 5.78 Å². The van der Waals surface area contributed by atoms with Crippen LogP contribution in [0.1, 0.15) is 6.42 Å². The second-order valence-electron chi connectivity index (χ2n) is 5.21. The van der Waals surface area contributed by atoms with Crippen LogP contribution in [0.15, 0.2) is 12.4 Å². The number of likely N-dealkylation sites (tertiary alicyclic amines) is 1. The number of fused-ring (bicyclic) bond motifs is 1. The average Bonchev–Trinajstić information content (AvgIpc) is 2.96. The first kappa shape index (κ1) is 12.6. The zero-order chi connectivity index (χ0) is 13.4. The van der Waals surface area contributed by atoms with Gasteiger partial charge in [0.05, 0.1) is 0 Å². The fourth-order valence-electron chi connectivity index (χ4n) is 2.70. The van der Waals surface area contributed by atoms with Crippen molar-refractivity contribution in [2.45, 2.75) is 6.42 Å². The topological polar surface area (TPSA) is 49.6 Å². The summed E-state index contributed by atoms with van der Waals surface area (Å²) in [5, 5.41) is 4.65. The van der Waals surface area contributed by atoms with Gasteiger partial charge in [0.2, 0.25) is 0 Å². The van der Waals surface area contributed by atoms with E-state index >= 15 is 0 Å². The van der Waals surface area contributed by atoms with Gasteiger partial charge in [-0.15, -0.1) is 0 Å². The maximum absolute atomic E-state index is 6.04. The van der Waals surface area contributed by atoms with Gasteiger partial charge in [-0.3, -0.25) is 0 Å². The van der Waals surface area contributed by atoms with Gasteiger partial charge < -0.3 is 9.80 Å². The molecule has 1 atom stereocenters. The summed E-state index contributed by atoms with van der Waals surface area (Å²) < 4.78 is 1.73. The van der Waals surface area contributed by atoms with Gasteiger partial charge in [0.1, 0.15) is 17.3 Å². The summed E-state index contributed by atoms with van der Waals surface area (Å²) in [7, 11) is 4.23. The Morgan fingerprint density at radius 3 is 3.11 bits per heavy atom. The third-order valence-corrected chi connectivity index (χ3v) is 3.81. The molecule has 1 fully saturated rings. The van der Waals surface area contributed by atoms with Gasteiger partial charge in [-0.25, -0.2) is 0 Å². The number of halogens is 1. The molecule has 0 bridgehead atoms. The Morgan fingerprint density at radius 1 is 1.53 bits per heavy atom. The largest absolute Gasteiger partial charge is 0.359 e. The Bertz CT molecular complexity index is 583. The van der Waals surface area contributed by atoms with Crippen molar-refractivity contribution < 1.29 is 0 Å². The lowest BCUT2D eigenvalue weighted by Crippen LogP contribution is -2.28. The van der Waals surface area contributed by atoms with Crippen LogP contribution in [0.3, 0.4) is 0 Å². The zero-order valence-electron chi connectivity index (χ0n) is 11.1. The van der Waals surface area contributed by atoms with Crippen LogP contribution in [0.5, 0.6) is 0 Å². The molecule has 102 valence electrons. The first-order valence-electron chi connectivity index (χ1n) is 6.39. The minimum atomic E-state index is 0.450. The maximum Gasteiger partial charge on any atom is 0.255 e. The van der Waals surface area contributed by atoms with E-state index in [1.807, 2.05) is 6.07 Å². The molecule has 3 rings (SSSR count). The van der Waals surface area contributed by atoms with E-state index in [0.717, 1.165) is 18.9 Å². The minimum Gasteiger partial charge on any atom is -0.359 e. The number of hydrogen-bond donors (Lipinski definition) is 0. The molecule has 0 N–H and O–H groups in total. The molecular formula is C12H17ClN6. The summed E-state index contributed by atoms with van der Waals surface area (Å²) in [6.07, 6.45) is 2.74. The number of rotatable bonds is 3. The van der Waals surface area contributed by atoms with Crippen molar-refractivity contribution in [2.24, 2.45) is 5.92 Å². The van der Waals surface area contributed by atoms with Crippen molar-refractivity contribution in [2.75, 3.05) is 38.6 Å². The zero-order valence-corrected chi connectivity index (χ0v) is 11.9. The SMILES string of the molecule is CN1CCC(CN(C)c2cc(Cl)nc3ncnn23)C1. The van der Waals surface area contributed by atoms with E-state index in [1.54, 1.807) is 4.52 Å². The van der Waals surface area contributed by atoms with Crippen LogP contribution in [0.2, 0.25) is 5.15 Å². The van der Waals surface area contributed by atoms with Gasteiger partial charge >= 0.3 is 0 Å². The Labute approximate surface area is 117 Å². The first-order chi connectivity index (χ1) is 9.13. The molecular weight excluding hydrogens is 264 g/mol. The van der Waals surface area contributed by atoms with Crippen molar-refractivity contribution in [1.29, 1.82) is 0 Å². The van der Waals surface area contributed by atoms with E-state index in [9.17, 15) is 0 Å². The summed E-state index contributed by atoms with van der Waals surface area (Å²) in [6, 6.07) is 1.84. The number of aromatic nitrogens is 4. The van der Waals surface area contributed by atoms with E-state index in [0.29, 0.717) is 16.8 Å². The quantitative estimate of drug-likeness (QED) is 0.790. The maximum atomic E-state index is 6.04. The van der Waals surface area contributed by atoms with E-state index in [2.05, 4.69) is 39.0 Å². The van der Waals surface area contributed by atoms with Crippen LogP contribution in [0.4, 0.5) is 5.82 Å². The van der Waals surface area contributed by atoms with E-state index in [-0.39, 0.29) is 0 Å². The second kappa shape index (κ2) is 4.94. The van der Waals surface area contributed by atoms with Crippen molar-refractivity contribution in [3.8, 4) is 0 Å². The highest BCUT2D eigenvalue weighted by atomic mass is 35.5. The molecule has 19 heavy (non-hydrogen) atoms. The highest BCUT2D eigenvalue weighted by Gasteiger charge is 2.22. The highest BCUT2D eigenvalue weighted by molar-refractivity contribution is 6.29. The first-order valence-corrected chi connectivity index (χ1v) is 6.77. The molecule has 0 amide bonds. The molecule has 1 aliphatic rings. The predicted molar refractivity (Wildman–Crippen MR) is 74.7 cm³/mol. The molecule has 0 aliphatic carbocycles. The lowest BCUT2D eigenvalue weighted by atomic mass is 10.1. The fraction of sp³-hybridized carbons (Fsp3) is 0.583. The van der Waals surface area contributed by atoms with Crippen LogP contribution >= 0.6 is 11.6 Å². The normalized spacial score (nSPS) is 20.3. The van der Waals surface area contributed by atoms with Crippen molar-refractivity contribution in [3.63, 3.8) is 0 Å². The van der Waals surface area contributed by atoms with Crippen molar-refractivity contribution in [1.82, 2.24) is 24.5 Å². The third-order valence-electron chi connectivity index (χ3n) is 3.61.